The molecule has 0 saturated heterocycles. The van der Waals surface area contributed by atoms with E-state index in [1.54, 1.807) is 24.3 Å². The number of amides is 2. The lowest BCUT2D eigenvalue weighted by Crippen LogP contribution is -2.24. The zero-order chi connectivity index (χ0) is 22.5. The third-order valence-corrected chi connectivity index (χ3v) is 5.00. The first-order valence-corrected chi connectivity index (χ1v) is 10.2. The second-order valence-electron chi connectivity index (χ2n) is 7.14. The molecule has 4 rings (SSSR count). The van der Waals surface area contributed by atoms with Crippen LogP contribution in [0.25, 0.3) is 33.2 Å². The number of nitrogens with zero attached hydrogens (tertiary/aromatic N) is 2. The maximum absolute atomic E-state index is 12.8. The van der Waals surface area contributed by atoms with Gasteiger partial charge in [0, 0.05) is 23.9 Å². The van der Waals surface area contributed by atoms with Gasteiger partial charge >= 0.3 is 0 Å². The third-order valence-electron chi connectivity index (χ3n) is 5.00. The van der Waals surface area contributed by atoms with E-state index in [0.29, 0.717) is 46.6 Å². The summed E-state index contributed by atoms with van der Waals surface area (Å²) < 4.78 is 0. The van der Waals surface area contributed by atoms with Crippen molar-refractivity contribution < 1.29 is 9.59 Å². The van der Waals surface area contributed by atoms with Crippen molar-refractivity contribution in [3.05, 3.63) is 97.1 Å². The molecule has 0 fully saturated rings. The van der Waals surface area contributed by atoms with Gasteiger partial charge in [-0.05, 0) is 24.3 Å². The van der Waals surface area contributed by atoms with Gasteiger partial charge in [0.25, 0.3) is 11.8 Å². The van der Waals surface area contributed by atoms with E-state index in [1.807, 2.05) is 48.5 Å². The first-order valence-electron chi connectivity index (χ1n) is 10.2. The Kier molecular flexibility index (Phi) is 6.03. The van der Waals surface area contributed by atoms with Crippen LogP contribution in [-0.2, 0) is 0 Å². The number of benzene rings is 2. The fourth-order valence-corrected chi connectivity index (χ4v) is 3.51. The molecule has 32 heavy (non-hydrogen) atoms. The molecule has 0 unspecified atom stereocenters. The molecule has 0 aliphatic heterocycles. The second kappa shape index (κ2) is 9.22. The molecule has 0 radical (unpaired) electrons. The van der Waals surface area contributed by atoms with Crippen LogP contribution in [0.5, 0.6) is 0 Å². The molecule has 2 aromatic carbocycles. The summed E-state index contributed by atoms with van der Waals surface area (Å²) in [5.74, 6) is -0.455. The summed E-state index contributed by atoms with van der Waals surface area (Å²) in [5.41, 5.74) is 3.33. The number of rotatable bonds is 7. The van der Waals surface area contributed by atoms with E-state index in [2.05, 4.69) is 23.8 Å². The Morgan fingerprint density at radius 2 is 1.12 bits per heavy atom. The van der Waals surface area contributed by atoms with E-state index < -0.39 is 0 Å². The van der Waals surface area contributed by atoms with Gasteiger partial charge in [-0.2, -0.15) is 0 Å². The van der Waals surface area contributed by atoms with Crippen molar-refractivity contribution in [1.82, 2.24) is 20.6 Å². The molecule has 0 spiro atoms. The number of pyridine rings is 2. The highest BCUT2D eigenvalue weighted by Crippen LogP contribution is 2.27. The van der Waals surface area contributed by atoms with Crippen molar-refractivity contribution in [3.63, 3.8) is 0 Å². The minimum Gasteiger partial charge on any atom is -0.349 e. The number of hydrogen-bond acceptors (Lipinski definition) is 4. The number of nitrogens with one attached hydrogen (secondary N) is 2. The van der Waals surface area contributed by atoms with Gasteiger partial charge < -0.3 is 10.6 Å². The molecule has 2 N–H and O–H groups in total. The predicted octanol–water partition coefficient (Wildman–Crippen LogP) is 4.28. The van der Waals surface area contributed by atoms with Crippen molar-refractivity contribution in [3.8, 4) is 11.4 Å². The molecule has 158 valence electrons. The van der Waals surface area contributed by atoms with Gasteiger partial charge in [-0.15, -0.1) is 13.2 Å². The van der Waals surface area contributed by atoms with E-state index in [0.717, 1.165) is 10.8 Å². The summed E-state index contributed by atoms with van der Waals surface area (Å²) in [6.07, 6.45) is 3.25. The average molecular weight is 422 g/mol. The second-order valence-corrected chi connectivity index (χ2v) is 7.14. The molecule has 0 bridgehead atoms. The Balaban J connectivity index is 1.91. The van der Waals surface area contributed by atoms with Gasteiger partial charge in [-0.3, -0.25) is 9.59 Å². The predicted molar refractivity (Wildman–Crippen MR) is 128 cm³/mol. The molecular formula is C26H22N4O2. The van der Waals surface area contributed by atoms with E-state index in [9.17, 15) is 9.59 Å². The Labute approximate surface area is 185 Å². The lowest BCUT2D eigenvalue weighted by molar-refractivity contribution is 0.0951. The first kappa shape index (κ1) is 20.9. The zero-order valence-electron chi connectivity index (χ0n) is 17.5. The summed E-state index contributed by atoms with van der Waals surface area (Å²) in [4.78, 5) is 35.1. The maximum atomic E-state index is 12.8. The molecule has 2 heterocycles. The Morgan fingerprint density at radius 1 is 0.719 bits per heavy atom. The van der Waals surface area contributed by atoms with Crippen LogP contribution in [0.3, 0.4) is 0 Å². The van der Waals surface area contributed by atoms with Gasteiger partial charge in [0.05, 0.1) is 33.5 Å². The summed E-state index contributed by atoms with van der Waals surface area (Å²) >= 11 is 0. The minimum atomic E-state index is -0.227. The summed E-state index contributed by atoms with van der Waals surface area (Å²) in [6.45, 7) is 8.01. The van der Waals surface area contributed by atoms with Gasteiger partial charge in [0.2, 0.25) is 0 Å². The van der Waals surface area contributed by atoms with Crippen molar-refractivity contribution >= 4 is 33.6 Å². The van der Waals surface area contributed by atoms with Crippen molar-refractivity contribution in [2.75, 3.05) is 13.1 Å². The van der Waals surface area contributed by atoms with Gasteiger partial charge in [-0.1, -0.05) is 48.6 Å². The molecule has 2 aromatic heterocycles. The van der Waals surface area contributed by atoms with Crippen LogP contribution in [-0.4, -0.2) is 34.9 Å². The molecule has 0 aliphatic rings. The highest BCUT2D eigenvalue weighted by atomic mass is 16.2. The van der Waals surface area contributed by atoms with Crippen LogP contribution in [0.15, 0.2) is 86.0 Å². The molecule has 4 aromatic rings. The monoisotopic (exact) mass is 422 g/mol. The van der Waals surface area contributed by atoms with E-state index >= 15 is 0 Å². The minimum absolute atomic E-state index is 0.227. The normalized spacial score (nSPS) is 10.6. The van der Waals surface area contributed by atoms with Crippen molar-refractivity contribution in [1.29, 1.82) is 0 Å². The van der Waals surface area contributed by atoms with Gasteiger partial charge in [0.15, 0.2) is 0 Å². The van der Waals surface area contributed by atoms with Crippen LogP contribution < -0.4 is 10.6 Å². The highest BCUT2D eigenvalue weighted by Gasteiger charge is 2.17. The number of carbonyl (C=O) groups is 2. The Bertz CT molecular complexity index is 1260. The van der Waals surface area contributed by atoms with Crippen LogP contribution in [0.2, 0.25) is 0 Å². The fourth-order valence-electron chi connectivity index (χ4n) is 3.51. The average Bonchev–Trinajstić information content (AvgIpc) is 2.84. The number of carbonyl (C=O) groups excluding carboxylic acids is 2. The maximum Gasteiger partial charge on any atom is 0.252 e. The quantitative estimate of drug-likeness (QED) is 0.436. The van der Waals surface area contributed by atoms with Gasteiger partial charge in [-0.25, -0.2) is 9.97 Å². The van der Waals surface area contributed by atoms with Crippen molar-refractivity contribution in [2.24, 2.45) is 0 Å². The van der Waals surface area contributed by atoms with E-state index in [-0.39, 0.29) is 11.8 Å². The lowest BCUT2D eigenvalue weighted by atomic mass is 10.0. The number of hydrogen-bond donors (Lipinski definition) is 2. The molecular weight excluding hydrogens is 400 g/mol. The van der Waals surface area contributed by atoms with Crippen LogP contribution >= 0.6 is 0 Å². The molecule has 0 aliphatic carbocycles. The molecule has 0 saturated carbocycles. The molecule has 6 heteroatoms. The number of aromatic nitrogens is 2. The lowest BCUT2D eigenvalue weighted by Gasteiger charge is -2.12. The van der Waals surface area contributed by atoms with Crippen molar-refractivity contribution in [2.45, 2.75) is 0 Å². The fraction of sp³-hybridized carbons (Fsp3) is 0.0769. The van der Waals surface area contributed by atoms with Crippen LogP contribution in [0.1, 0.15) is 20.7 Å². The summed E-state index contributed by atoms with van der Waals surface area (Å²) in [7, 11) is 0. The Morgan fingerprint density at radius 3 is 1.53 bits per heavy atom. The largest absolute Gasteiger partial charge is 0.349 e. The SMILES string of the molecule is C=CCNC(=O)c1cc(-c2cc(C(=O)NCC=C)c3ccccc3n2)nc2ccccc12. The smallest absolute Gasteiger partial charge is 0.252 e. The standard InChI is InChI=1S/C26H22N4O2/c1-3-13-27-25(31)19-15-23(29-21-11-7-5-9-17(19)21)24-16-20(26(32)28-14-4-2)18-10-6-8-12-22(18)30-24/h3-12,15-16H,1-2,13-14H2,(H,27,31)(H,28,32). The van der Waals surface area contributed by atoms with Crippen LogP contribution in [0, 0.1) is 0 Å². The van der Waals surface area contributed by atoms with E-state index in [1.165, 1.54) is 0 Å². The molecule has 0 atom stereocenters. The van der Waals surface area contributed by atoms with Crippen LogP contribution in [0.4, 0.5) is 0 Å². The zero-order valence-corrected chi connectivity index (χ0v) is 17.5. The third kappa shape index (κ3) is 4.11. The topological polar surface area (TPSA) is 84.0 Å². The summed E-state index contributed by atoms with van der Waals surface area (Å²) in [5, 5.41) is 7.12. The number of para-hydroxylation sites is 2. The highest BCUT2D eigenvalue weighted by molar-refractivity contribution is 6.09. The molecule has 6 nitrogen and oxygen atoms in total. The first-order chi connectivity index (χ1) is 15.6. The van der Waals surface area contributed by atoms with E-state index in [4.69, 9.17) is 9.97 Å². The number of fused-ring (bicyclic) bond motifs is 2. The van der Waals surface area contributed by atoms with Gasteiger partial charge in [0.1, 0.15) is 0 Å². The summed E-state index contributed by atoms with van der Waals surface area (Å²) in [6, 6.07) is 18.3. The Hall–Kier alpha value is -4.32. The molecule has 2 amide bonds.